The van der Waals surface area contributed by atoms with Gasteiger partial charge in [0.05, 0.1) is 15.6 Å². The monoisotopic (exact) mass is 345 g/mol. The summed E-state index contributed by atoms with van der Waals surface area (Å²) in [4.78, 5) is -0.0433. The van der Waals surface area contributed by atoms with Crippen molar-refractivity contribution in [2.45, 2.75) is 9.79 Å². The fourth-order valence-corrected chi connectivity index (χ4v) is 3.90. The van der Waals surface area contributed by atoms with Gasteiger partial charge in [-0.1, -0.05) is 29.8 Å². The summed E-state index contributed by atoms with van der Waals surface area (Å²) in [6.45, 7) is 0. The Balaban J connectivity index is 2.41. The Kier molecular flexibility index (Phi) is 4.27. The third-order valence-corrected chi connectivity index (χ3v) is 5.63. The van der Waals surface area contributed by atoms with Crippen LogP contribution >= 0.6 is 11.6 Å². The van der Waals surface area contributed by atoms with Crippen molar-refractivity contribution in [3.63, 3.8) is 0 Å². The summed E-state index contributed by atoms with van der Waals surface area (Å²) >= 11 is 5.86. The first-order valence-electron chi connectivity index (χ1n) is 5.77. The number of anilines is 1. The summed E-state index contributed by atoms with van der Waals surface area (Å²) in [5, 5.41) is 0.0873. The maximum absolute atomic E-state index is 12.2. The van der Waals surface area contributed by atoms with Crippen LogP contribution in [0.25, 0.3) is 0 Å². The topological polar surface area (TPSA) is 80.3 Å². The van der Waals surface area contributed by atoms with Crippen LogP contribution in [0.1, 0.15) is 0 Å². The lowest BCUT2D eigenvalue weighted by molar-refractivity contribution is 0.599. The van der Waals surface area contributed by atoms with Gasteiger partial charge in [-0.2, -0.15) is 0 Å². The average molecular weight is 346 g/mol. The molecule has 0 amide bonds. The molecule has 0 spiro atoms. The zero-order valence-corrected chi connectivity index (χ0v) is 13.3. The summed E-state index contributed by atoms with van der Waals surface area (Å²) < 4.78 is 49.7. The molecule has 0 aromatic heterocycles. The second-order valence-corrected chi connectivity index (χ2v) is 8.41. The fourth-order valence-electron chi connectivity index (χ4n) is 1.66. The van der Waals surface area contributed by atoms with Gasteiger partial charge in [-0.25, -0.2) is 16.8 Å². The van der Waals surface area contributed by atoms with Crippen molar-refractivity contribution in [2.24, 2.45) is 0 Å². The molecule has 0 saturated carbocycles. The molecule has 2 aromatic carbocycles. The minimum absolute atomic E-state index is 0.0295. The fraction of sp³-hybridized carbons (Fsp3) is 0.0769. The van der Waals surface area contributed by atoms with E-state index in [4.69, 9.17) is 11.6 Å². The van der Waals surface area contributed by atoms with Crippen molar-refractivity contribution in [1.29, 1.82) is 0 Å². The quantitative estimate of drug-likeness (QED) is 0.923. The molecule has 21 heavy (non-hydrogen) atoms. The van der Waals surface area contributed by atoms with Crippen molar-refractivity contribution >= 4 is 37.1 Å². The molecule has 8 heteroatoms. The molecular weight excluding hydrogens is 334 g/mol. The van der Waals surface area contributed by atoms with Crippen LogP contribution in [0, 0.1) is 0 Å². The first-order chi connectivity index (χ1) is 9.70. The lowest BCUT2D eigenvalue weighted by atomic mass is 10.3. The Bertz CT molecular complexity index is 877. The van der Waals surface area contributed by atoms with Gasteiger partial charge in [0, 0.05) is 6.26 Å². The highest BCUT2D eigenvalue weighted by Crippen LogP contribution is 2.24. The number of hydrogen-bond donors (Lipinski definition) is 1. The number of halogens is 1. The van der Waals surface area contributed by atoms with Gasteiger partial charge in [-0.3, -0.25) is 4.72 Å². The third-order valence-electron chi connectivity index (χ3n) is 2.64. The van der Waals surface area contributed by atoms with Gasteiger partial charge in [0.2, 0.25) is 0 Å². The van der Waals surface area contributed by atoms with Crippen LogP contribution in [-0.2, 0) is 19.9 Å². The normalized spacial score (nSPS) is 12.1. The summed E-state index contributed by atoms with van der Waals surface area (Å²) in [7, 11) is -7.30. The van der Waals surface area contributed by atoms with Crippen molar-refractivity contribution in [1.82, 2.24) is 0 Å². The van der Waals surface area contributed by atoms with E-state index in [1.807, 2.05) is 0 Å². The maximum Gasteiger partial charge on any atom is 0.263 e. The standard InChI is InChI=1S/C13H12ClNO4S2/c1-20(16,17)11-6-4-5-10(9-11)15-21(18,19)13-8-3-2-7-12(13)14/h2-9,15H,1H3. The van der Waals surface area contributed by atoms with E-state index in [0.717, 1.165) is 6.26 Å². The molecule has 0 heterocycles. The first-order valence-corrected chi connectivity index (χ1v) is 9.53. The SMILES string of the molecule is CS(=O)(=O)c1cccc(NS(=O)(=O)c2ccccc2Cl)c1. The van der Waals surface area contributed by atoms with Gasteiger partial charge in [0.1, 0.15) is 4.90 Å². The molecule has 0 aliphatic rings. The molecule has 5 nitrogen and oxygen atoms in total. The van der Waals surface area contributed by atoms with E-state index in [0.29, 0.717) is 0 Å². The number of sulfone groups is 1. The Morgan fingerprint density at radius 3 is 2.24 bits per heavy atom. The van der Waals surface area contributed by atoms with Crippen molar-refractivity contribution in [3.05, 3.63) is 53.6 Å². The van der Waals surface area contributed by atoms with Crippen molar-refractivity contribution < 1.29 is 16.8 Å². The molecule has 0 unspecified atom stereocenters. The van der Waals surface area contributed by atoms with E-state index in [1.165, 1.54) is 36.4 Å². The Hall–Kier alpha value is -1.57. The minimum atomic E-state index is -3.88. The summed E-state index contributed by atoms with van der Waals surface area (Å²) in [6, 6.07) is 11.6. The summed E-state index contributed by atoms with van der Waals surface area (Å²) in [5.74, 6) is 0. The molecule has 0 atom stereocenters. The van der Waals surface area contributed by atoms with Gasteiger partial charge >= 0.3 is 0 Å². The largest absolute Gasteiger partial charge is 0.280 e. The molecule has 0 fully saturated rings. The van der Waals surface area contributed by atoms with Crippen LogP contribution in [0.5, 0.6) is 0 Å². The number of benzene rings is 2. The second kappa shape index (κ2) is 5.67. The molecule has 2 rings (SSSR count). The van der Waals surface area contributed by atoms with Gasteiger partial charge in [0.25, 0.3) is 10.0 Å². The molecule has 2 aromatic rings. The van der Waals surface area contributed by atoms with E-state index < -0.39 is 19.9 Å². The number of sulfonamides is 1. The van der Waals surface area contributed by atoms with Gasteiger partial charge < -0.3 is 0 Å². The van der Waals surface area contributed by atoms with Crippen LogP contribution in [0.4, 0.5) is 5.69 Å². The zero-order valence-electron chi connectivity index (χ0n) is 10.9. The van der Waals surface area contributed by atoms with Crippen LogP contribution in [0.15, 0.2) is 58.3 Å². The van der Waals surface area contributed by atoms with Crippen LogP contribution in [0.2, 0.25) is 5.02 Å². The van der Waals surface area contributed by atoms with Crippen molar-refractivity contribution in [2.75, 3.05) is 11.0 Å². The lowest BCUT2D eigenvalue weighted by Crippen LogP contribution is -2.13. The molecule has 0 radical (unpaired) electrons. The first kappa shape index (κ1) is 15.8. The second-order valence-electron chi connectivity index (χ2n) is 4.34. The number of hydrogen-bond acceptors (Lipinski definition) is 4. The highest BCUT2D eigenvalue weighted by Gasteiger charge is 2.18. The number of rotatable bonds is 4. The minimum Gasteiger partial charge on any atom is -0.280 e. The molecule has 0 saturated heterocycles. The van der Waals surface area contributed by atoms with E-state index in [9.17, 15) is 16.8 Å². The molecular formula is C13H12ClNO4S2. The Morgan fingerprint density at radius 1 is 0.952 bits per heavy atom. The predicted molar refractivity (Wildman–Crippen MR) is 81.8 cm³/mol. The predicted octanol–water partition coefficient (Wildman–Crippen LogP) is 2.54. The smallest absolute Gasteiger partial charge is 0.263 e. The van der Waals surface area contributed by atoms with E-state index >= 15 is 0 Å². The van der Waals surface area contributed by atoms with Gasteiger partial charge in [-0.05, 0) is 30.3 Å². The maximum atomic E-state index is 12.2. The Morgan fingerprint density at radius 2 is 1.62 bits per heavy atom. The highest BCUT2D eigenvalue weighted by atomic mass is 35.5. The molecule has 0 bridgehead atoms. The van der Waals surface area contributed by atoms with Gasteiger partial charge in [0.15, 0.2) is 9.84 Å². The lowest BCUT2D eigenvalue weighted by Gasteiger charge is -2.10. The van der Waals surface area contributed by atoms with Crippen LogP contribution < -0.4 is 4.72 Å². The van der Waals surface area contributed by atoms with Crippen LogP contribution in [-0.4, -0.2) is 23.1 Å². The summed E-state index contributed by atoms with van der Waals surface area (Å²) in [6.07, 6.45) is 1.05. The van der Waals surface area contributed by atoms with Crippen molar-refractivity contribution in [3.8, 4) is 0 Å². The third kappa shape index (κ3) is 3.75. The highest BCUT2D eigenvalue weighted by molar-refractivity contribution is 7.93. The number of nitrogens with one attached hydrogen (secondary N) is 1. The Labute approximate surface area is 128 Å². The van der Waals surface area contributed by atoms with Gasteiger partial charge in [-0.15, -0.1) is 0 Å². The van der Waals surface area contributed by atoms with Crippen LogP contribution in [0.3, 0.4) is 0 Å². The van der Waals surface area contributed by atoms with E-state index in [2.05, 4.69) is 4.72 Å². The molecule has 0 aliphatic carbocycles. The molecule has 1 N–H and O–H groups in total. The van der Waals surface area contributed by atoms with E-state index in [1.54, 1.807) is 12.1 Å². The molecule has 0 aliphatic heterocycles. The summed E-state index contributed by atoms with van der Waals surface area (Å²) in [5.41, 5.74) is 0.151. The average Bonchev–Trinajstić information content (AvgIpc) is 2.37. The zero-order chi connectivity index (χ0) is 15.7. The van der Waals surface area contributed by atoms with E-state index in [-0.39, 0.29) is 20.5 Å². The molecule has 112 valence electrons.